The molecule has 0 unspecified atom stereocenters. The van der Waals surface area contributed by atoms with Crippen LogP contribution >= 0.6 is 11.3 Å². The first kappa shape index (κ1) is 23.0. The summed E-state index contributed by atoms with van der Waals surface area (Å²) in [6.07, 6.45) is 0.703. The summed E-state index contributed by atoms with van der Waals surface area (Å²) in [5.74, 6) is -0.0785. The molecule has 184 valence electrons. The van der Waals surface area contributed by atoms with Crippen LogP contribution in [0.1, 0.15) is 21.5 Å². The lowest BCUT2D eigenvalue weighted by molar-refractivity contribution is 0.0746. The van der Waals surface area contributed by atoms with Crippen LogP contribution in [-0.4, -0.2) is 56.9 Å². The molecule has 2 aliphatic heterocycles. The van der Waals surface area contributed by atoms with Crippen molar-refractivity contribution in [1.82, 2.24) is 9.88 Å². The number of aryl methyl sites for hydroxylation is 1. The average molecular weight is 519 g/mol. The molecule has 6 rings (SSSR count). The van der Waals surface area contributed by atoms with Gasteiger partial charge in [0.25, 0.3) is 15.9 Å². The van der Waals surface area contributed by atoms with Crippen LogP contribution in [0.25, 0.3) is 10.2 Å². The molecular weight excluding hydrogens is 492 g/mol. The Labute approximate surface area is 214 Å². The SMILES string of the molecule is Cc1cccc2sc(N3CCN(C(=O)c4ccc(S(=O)(=O)N5CCc6ccccc65)cc4)CC3)nc12. The first-order valence-electron chi connectivity index (χ1n) is 12.0. The van der Waals surface area contributed by atoms with Gasteiger partial charge in [-0.2, -0.15) is 0 Å². The maximum Gasteiger partial charge on any atom is 0.264 e. The fraction of sp³-hybridized carbons (Fsp3) is 0.259. The molecule has 0 bridgehead atoms. The third-order valence-electron chi connectivity index (χ3n) is 6.98. The number of hydrogen-bond donors (Lipinski definition) is 0. The number of thiazole rings is 1. The smallest absolute Gasteiger partial charge is 0.264 e. The van der Waals surface area contributed by atoms with E-state index in [0.717, 1.165) is 21.9 Å². The predicted octanol–water partition coefficient (Wildman–Crippen LogP) is 4.32. The first-order chi connectivity index (χ1) is 17.4. The van der Waals surface area contributed by atoms with Crippen molar-refractivity contribution in [3.8, 4) is 0 Å². The minimum absolute atomic E-state index is 0.0785. The summed E-state index contributed by atoms with van der Waals surface area (Å²) in [4.78, 5) is 22.2. The minimum Gasteiger partial charge on any atom is -0.345 e. The highest BCUT2D eigenvalue weighted by molar-refractivity contribution is 7.92. The molecule has 9 heteroatoms. The minimum atomic E-state index is -3.68. The van der Waals surface area contributed by atoms with Crippen molar-refractivity contribution in [3.05, 3.63) is 83.4 Å². The molecule has 1 saturated heterocycles. The molecule has 36 heavy (non-hydrogen) atoms. The van der Waals surface area contributed by atoms with E-state index in [1.54, 1.807) is 35.6 Å². The largest absolute Gasteiger partial charge is 0.345 e. The van der Waals surface area contributed by atoms with E-state index in [0.29, 0.717) is 44.7 Å². The molecular formula is C27H26N4O3S2. The Hall–Kier alpha value is -3.43. The summed E-state index contributed by atoms with van der Waals surface area (Å²) < 4.78 is 29.2. The van der Waals surface area contributed by atoms with Gasteiger partial charge in [-0.1, -0.05) is 41.7 Å². The van der Waals surface area contributed by atoms with Gasteiger partial charge in [0.15, 0.2) is 5.13 Å². The van der Waals surface area contributed by atoms with E-state index >= 15 is 0 Å². The number of amides is 1. The molecule has 1 amide bonds. The van der Waals surface area contributed by atoms with E-state index in [1.807, 2.05) is 29.2 Å². The number of aromatic nitrogens is 1. The highest BCUT2D eigenvalue weighted by Crippen LogP contribution is 2.33. The summed E-state index contributed by atoms with van der Waals surface area (Å²) in [5.41, 5.74) is 4.48. The molecule has 7 nitrogen and oxygen atoms in total. The Kier molecular flexibility index (Phi) is 5.69. The van der Waals surface area contributed by atoms with Crippen molar-refractivity contribution in [2.75, 3.05) is 41.9 Å². The van der Waals surface area contributed by atoms with Crippen LogP contribution in [0.5, 0.6) is 0 Å². The van der Waals surface area contributed by atoms with Crippen LogP contribution in [0, 0.1) is 6.92 Å². The summed E-state index contributed by atoms with van der Waals surface area (Å²) in [7, 11) is -3.68. The normalized spacial score (nSPS) is 16.0. The number of hydrogen-bond acceptors (Lipinski definition) is 6. The summed E-state index contributed by atoms with van der Waals surface area (Å²) in [5, 5.41) is 0.990. The number of rotatable bonds is 4. The third-order valence-corrected chi connectivity index (χ3v) is 9.89. The van der Waals surface area contributed by atoms with Gasteiger partial charge >= 0.3 is 0 Å². The maximum absolute atomic E-state index is 13.3. The van der Waals surface area contributed by atoms with Crippen molar-refractivity contribution >= 4 is 48.3 Å². The molecule has 4 aromatic rings. The third kappa shape index (κ3) is 3.92. The molecule has 0 N–H and O–H groups in total. The number of sulfonamides is 1. The van der Waals surface area contributed by atoms with Gasteiger partial charge in [-0.15, -0.1) is 0 Å². The molecule has 0 aliphatic carbocycles. The van der Waals surface area contributed by atoms with E-state index in [2.05, 4.69) is 30.0 Å². The molecule has 0 saturated carbocycles. The van der Waals surface area contributed by atoms with E-state index in [-0.39, 0.29) is 10.8 Å². The Balaban J connectivity index is 1.13. The number of benzene rings is 3. The van der Waals surface area contributed by atoms with Crippen molar-refractivity contribution in [3.63, 3.8) is 0 Å². The number of anilines is 2. The number of nitrogens with zero attached hydrogens (tertiary/aromatic N) is 4. The van der Waals surface area contributed by atoms with E-state index in [4.69, 9.17) is 4.98 Å². The summed E-state index contributed by atoms with van der Waals surface area (Å²) >= 11 is 1.68. The second kappa shape index (κ2) is 8.90. The lowest BCUT2D eigenvalue weighted by atomic mass is 10.2. The van der Waals surface area contributed by atoms with Crippen molar-refractivity contribution in [1.29, 1.82) is 0 Å². The van der Waals surface area contributed by atoms with E-state index in [1.165, 1.54) is 14.6 Å². The van der Waals surface area contributed by atoms with E-state index < -0.39 is 10.0 Å². The van der Waals surface area contributed by atoms with Crippen LogP contribution in [0.4, 0.5) is 10.8 Å². The number of piperazine rings is 1. The molecule has 3 heterocycles. The zero-order valence-electron chi connectivity index (χ0n) is 19.9. The predicted molar refractivity (Wildman–Crippen MR) is 144 cm³/mol. The summed E-state index contributed by atoms with van der Waals surface area (Å²) in [6.45, 7) is 5.12. The van der Waals surface area contributed by atoms with Gasteiger partial charge in [0.05, 0.1) is 20.8 Å². The topological polar surface area (TPSA) is 73.8 Å². The van der Waals surface area contributed by atoms with Crippen LogP contribution < -0.4 is 9.21 Å². The Morgan fingerprint density at radius 3 is 2.39 bits per heavy atom. The van der Waals surface area contributed by atoms with Gasteiger partial charge in [-0.25, -0.2) is 13.4 Å². The maximum atomic E-state index is 13.3. The second-order valence-corrected chi connectivity index (χ2v) is 12.0. The second-order valence-electron chi connectivity index (χ2n) is 9.18. The molecule has 0 atom stereocenters. The van der Waals surface area contributed by atoms with Crippen LogP contribution in [0.2, 0.25) is 0 Å². The Morgan fingerprint density at radius 1 is 0.889 bits per heavy atom. The van der Waals surface area contributed by atoms with Crippen LogP contribution in [-0.2, 0) is 16.4 Å². The number of carbonyl (C=O) groups excluding carboxylic acids is 1. The quantitative estimate of drug-likeness (QED) is 0.402. The van der Waals surface area contributed by atoms with Gasteiger partial charge in [-0.05, 0) is 60.9 Å². The van der Waals surface area contributed by atoms with Gasteiger partial charge in [0, 0.05) is 38.3 Å². The monoisotopic (exact) mass is 518 g/mol. The lowest BCUT2D eigenvalue weighted by Crippen LogP contribution is -2.48. The van der Waals surface area contributed by atoms with E-state index in [9.17, 15) is 13.2 Å². The molecule has 3 aromatic carbocycles. The van der Waals surface area contributed by atoms with Gasteiger partial charge in [-0.3, -0.25) is 9.10 Å². The fourth-order valence-electron chi connectivity index (χ4n) is 4.95. The number of fused-ring (bicyclic) bond motifs is 2. The molecule has 0 radical (unpaired) electrons. The highest BCUT2D eigenvalue weighted by atomic mass is 32.2. The molecule has 1 aromatic heterocycles. The highest BCUT2D eigenvalue weighted by Gasteiger charge is 2.31. The van der Waals surface area contributed by atoms with Crippen molar-refractivity contribution < 1.29 is 13.2 Å². The zero-order valence-corrected chi connectivity index (χ0v) is 21.6. The molecule has 0 spiro atoms. The number of carbonyl (C=O) groups is 1. The van der Waals surface area contributed by atoms with Gasteiger partial charge in [0.2, 0.25) is 0 Å². The summed E-state index contributed by atoms with van der Waals surface area (Å²) in [6, 6.07) is 20.1. The Bertz CT molecular complexity index is 1560. The Morgan fingerprint density at radius 2 is 1.64 bits per heavy atom. The number of para-hydroxylation sites is 2. The van der Waals surface area contributed by atoms with Crippen molar-refractivity contribution in [2.45, 2.75) is 18.2 Å². The molecule has 2 aliphatic rings. The lowest BCUT2D eigenvalue weighted by Gasteiger charge is -2.34. The zero-order chi connectivity index (χ0) is 24.9. The fourth-order valence-corrected chi connectivity index (χ4v) is 7.55. The van der Waals surface area contributed by atoms with Gasteiger partial charge in [0.1, 0.15) is 0 Å². The molecule has 1 fully saturated rings. The van der Waals surface area contributed by atoms with Crippen LogP contribution in [0.15, 0.2) is 71.6 Å². The average Bonchev–Trinajstić information content (AvgIpc) is 3.54. The van der Waals surface area contributed by atoms with Gasteiger partial charge < -0.3 is 9.80 Å². The first-order valence-corrected chi connectivity index (χ1v) is 14.3. The van der Waals surface area contributed by atoms with Crippen molar-refractivity contribution in [2.24, 2.45) is 0 Å². The standard InChI is InChI=1S/C27H26N4O3S2/c1-19-5-4-8-24-25(19)28-27(35-24)30-17-15-29(16-18-30)26(32)21-9-11-22(12-10-21)36(33,34)31-14-13-20-6-2-3-7-23(20)31/h2-12H,13-18H2,1H3. The van der Waals surface area contributed by atoms with Crippen LogP contribution in [0.3, 0.4) is 0 Å².